The molecule has 112 valence electrons. The normalized spacial score (nSPS) is 17.1. The lowest BCUT2D eigenvalue weighted by atomic mass is 9.96. The molecule has 0 radical (unpaired) electrons. The van der Waals surface area contributed by atoms with Gasteiger partial charge in [0.2, 0.25) is 0 Å². The first-order valence-corrected chi connectivity index (χ1v) is 8.18. The fourth-order valence-electron chi connectivity index (χ4n) is 2.57. The molecule has 1 aliphatic heterocycles. The molecule has 1 aromatic carbocycles. The van der Waals surface area contributed by atoms with Gasteiger partial charge in [-0.05, 0) is 43.7 Å². The zero-order valence-corrected chi connectivity index (χ0v) is 13.5. The number of rotatable bonds is 3. The van der Waals surface area contributed by atoms with Gasteiger partial charge in [0.25, 0.3) is 5.91 Å². The fraction of sp³-hybridized carbons (Fsp3) is 0.500. The van der Waals surface area contributed by atoms with Crippen LogP contribution in [0.2, 0.25) is 0 Å². The number of benzene rings is 1. The molecule has 0 spiro atoms. The van der Waals surface area contributed by atoms with Crippen molar-refractivity contribution in [3.63, 3.8) is 0 Å². The van der Waals surface area contributed by atoms with E-state index in [1.807, 2.05) is 30.2 Å². The van der Waals surface area contributed by atoms with Crippen molar-refractivity contribution in [1.29, 1.82) is 5.26 Å². The van der Waals surface area contributed by atoms with E-state index in [-0.39, 0.29) is 10.7 Å². The summed E-state index contributed by atoms with van der Waals surface area (Å²) in [6.07, 6.45) is 3.41. The second-order valence-electron chi connectivity index (χ2n) is 5.29. The number of amides is 1. The van der Waals surface area contributed by atoms with Gasteiger partial charge in [0.05, 0.1) is 13.2 Å². The van der Waals surface area contributed by atoms with E-state index in [1.165, 1.54) is 0 Å². The number of nitrogens with zero attached hydrogens (tertiary/aromatic N) is 2. The number of piperidine rings is 1. The highest BCUT2D eigenvalue weighted by atomic mass is 32.2. The number of likely N-dealkylation sites (tertiary alicyclic amines) is 1. The average molecular weight is 304 g/mol. The Morgan fingerprint density at radius 1 is 1.43 bits per heavy atom. The van der Waals surface area contributed by atoms with Crippen LogP contribution in [-0.4, -0.2) is 42.0 Å². The van der Waals surface area contributed by atoms with E-state index in [0.717, 1.165) is 24.2 Å². The highest BCUT2D eigenvalue weighted by Crippen LogP contribution is 2.34. The van der Waals surface area contributed by atoms with Crippen molar-refractivity contribution >= 4 is 17.7 Å². The Balaban J connectivity index is 2.11. The summed E-state index contributed by atoms with van der Waals surface area (Å²) < 4.78 is 4.94. The van der Waals surface area contributed by atoms with Crippen LogP contribution in [0.5, 0.6) is 5.75 Å². The summed E-state index contributed by atoms with van der Waals surface area (Å²) in [5, 5.41) is 9.29. The Morgan fingerprint density at radius 2 is 2.10 bits per heavy atom. The van der Waals surface area contributed by atoms with E-state index in [0.29, 0.717) is 18.7 Å². The van der Waals surface area contributed by atoms with E-state index in [2.05, 4.69) is 6.07 Å². The third-order valence-electron chi connectivity index (χ3n) is 4.11. The van der Waals surface area contributed by atoms with E-state index < -0.39 is 0 Å². The largest absolute Gasteiger partial charge is 0.496 e. The molecule has 1 aliphatic rings. The van der Waals surface area contributed by atoms with Crippen LogP contribution in [0.15, 0.2) is 18.2 Å². The van der Waals surface area contributed by atoms with Gasteiger partial charge in [0.1, 0.15) is 10.5 Å². The number of methoxy groups -OCH3 is 1. The number of ether oxygens (including phenoxy) is 1. The number of hydrogen-bond donors (Lipinski definition) is 0. The molecule has 1 saturated heterocycles. The number of hydrogen-bond acceptors (Lipinski definition) is 4. The SMILES string of the molecule is COc1cc(C(=O)N2CCC(C#N)(SC)CC2)ccc1C. The van der Waals surface area contributed by atoms with Gasteiger partial charge in [0.15, 0.2) is 0 Å². The number of nitriles is 1. The molecule has 0 N–H and O–H groups in total. The molecule has 21 heavy (non-hydrogen) atoms. The quantitative estimate of drug-likeness (QED) is 0.861. The van der Waals surface area contributed by atoms with Crippen molar-refractivity contribution < 1.29 is 9.53 Å². The molecule has 4 nitrogen and oxygen atoms in total. The van der Waals surface area contributed by atoms with Crippen molar-refractivity contribution in [3.8, 4) is 11.8 Å². The van der Waals surface area contributed by atoms with Gasteiger partial charge in [-0.25, -0.2) is 0 Å². The first kappa shape index (κ1) is 15.7. The molecule has 0 atom stereocenters. The lowest BCUT2D eigenvalue weighted by Gasteiger charge is -2.36. The van der Waals surface area contributed by atoms with E-state index in [4.69, 9.17) is 4.74 Å². The van der Waals surface area contributed by atoms with Gasteiger partial charge in [-0.1, -0.05) is 6.07 Å². The molecule has 5 heteroatoms. The van der Waals surface area contributed by atoms with Gasteiger partial charge in [-0.2, -0.15) is 5.26 Å². The zero-order valence-electron chi connectivity index (χ0n) is 12.7. The maximum atomic E-state index is 12.5. The molecule has 1 fully saturated rings. The van der Waals surface area contributed by atoms with Crippen LogP contribution >= 0.6 is 11.8 Å². The smallest absolute Gasteiger partial charge is 0.253 e. The van der Waals surface area contributed by atoms with Gasteiger partial charge in [0, 0.05) is 18.7 Å². The number of carbonyl (C=O) groups is 1. The summed E-state index contributed by atoms with van der Waals surface area (Å²) in [7, 11) is 1.61. The summed E-state index contributed by atoms with van der Waals surface area (Å²) in [5.41, 5.74) is 1.66. The van der Waals surface area contributed by atoms with Crippen molar-refractivity contribution in [2.45, 2.75) is 24.5 Å². The minimum Gasteiger partial charge on any atom is -0.496 e. The Hall–Kier alpha value is -1.67. The maximum Gasteiger partial charge on any atom is 0.253 e. The molecule has 2 rings (SSSR count). The molecule has 0 aliphatic carbocycles. The van der Waals surface area contributed by atoms with E-state index >= 15 is 0 Å². The van der Waals surface area contributed by atoms with Crippen molar-refractivity contribution in [2.75, 3.05) is 26.5 Å². The minimum absolute atomic E-state index is 0.0148. The number of carbonyl (C=O) groups excluding carboxylic acids is 1. The van der Waals surface area contributed by atoms with Crippen LogP contribution in [-0.2, 0) is 0 Å². The molecule has 1 aromatic rings. The van der Waals surface area contributed by atoms with Gasteiger partial charge in [-0.15, -0.1) is 11.8 Å². The van der Waals surface area contributed by atoms with Crippen LogP contribution in [0.3, 0.4) is 0 Å². The predicted octanol–water partition coefficient (Wildman–Crippen LogP) is 2.87. The lowest BCUT2D eigenvalue weighted by Crippen LogP contribution is -2.44. The standard InChI is InChI=1S/C16H20N2O2S/c1-12-4-5-13(10-14(12)20-2)15(19)18-8-6-16(11-17,21-3)7-9-18/h4-5,10H,6-9H2,1-3H3. The molecular formula is C16H20N2O2S. The Morgan fingerprint density at radius 3 is 2.62 bits per heavy atom. The Bertz CT molecular complexity index is 572. The predicted molar refractivity (Wildman–Crippen MR) is 84.7 cm³/mol. The van der Waals surface area contributed by atoms with Crippen LogP contribution < -0.4 is 4.74 Å². The van der Waals surface area contributed by atoms with Crippen molar-refractivity contribution in [3.05, 3.63) is 29.3 Å². The van der Waals surface area contributed by atoms with Gasteiger partial charge >= 0.3 is 0 Å². The van der Waals surface area contributed by atoms with Crippen molar-refractivity contribution in [1.82, 2.24) is 4.90 Å². The first-order chi connectivity index (χ1) is 10.0. The molecule has 0 unspecified atom stereocenters. The molecule has 0 aromatic heterocycles. The highest BCUT2D eigenvalue weighted by Gasteiger charge is 2.35. The Labute approximate surface area is 130 Å². The van der Waals surface area contributed by atoms with Crippen LogP contribution in [0, 0.1) is 18.3 Å². The topological polar surface area (TPSA) is 53.3 Å². The molecular weight excluding hydrogens is 284 g/mol. The average Bonchev–Trinajstić information content (AvgIpc) is 2.54. The summed E-state index contributed by atoms with van der Waals surface area (Å²) in [4.78, 5) is 14.4. The van der Waals surface area contributed by atoms with Crippen LogP contribution in [0.25, 0.3) is 0 Å². The highest BCUT2D eigenvalue weighted by molar-refractivity contribution is 8.00. The number of thioether (sulfide) groups is 1. The zero-order chi connectivity index (χ0) is 15.5. The second kappa shape index (κ2) is 6.40. The third-order valence-corrected chi connectivity index (χ3v) is 5.39. The Kier molecular flexibility index (Phi) is 4.79. The number of aryl methyl sites for hydroxylation is 1. The summed E-state index contributed by atoms with van der Waals surface area (Å²) in [5.74, 6) is 0.745. The van der Waals surface area contributed by atoms with Gasteiger partial charge in [-0.3, -0.25) is 4.79 Å². The first-order valence-electron chi connectivity index (χ1n) is 6.95. The minimum atomic E-state index is -0.332. The second-order valence-corrected chi connectivity index (χ2v) is 6.48. The maximum absolute atomic E-state index is 12.5. The van der Waals surface area contributed by atoms with Crippen LogP contribution in [0.1, 0.15) is 28.8 Å². The summed E-state index contributed by atoms with van der Waals surface area (Å²) in [6.45, 7) is 3.21. The lowest BCUT2D eigenvalue weighted by molar-refractivity contribution is 0.0716. The van der Waals surface area contributed by atoms with Crippen LogP contribution in [0.4, 0.5) is 0 Å². The van der Waals surface area contributed by atoms with E-state index in [9.17, 15) is 10.1 Å². The molecule has 0 bridgehead atoms. The van der Waals surface area contributed by atoms with E-state index in [1.54, 1.807) is 24.9 Å². The van der Waals surface area contributed by atoms with Gasteiger partial charge < -0.3 is 9.64 Å². The third kappa shape index (κ3) is 3.16. The summed E-state index contributed by atoms with van der Waals surface area (Å²) >= 11 is 1.59. The monoisotopic (exact) mass is 304 g/mol. The molecule has 1 heterocycles. The molecule has 0 saturated carbocycles. The van der Waals surface area contributed by atoms with Crippen molar-refractivity contribution in [2.24, 2.45) is 0 Å². The fourth-order valence-corrected chi connectivity index (χ4v) is 3.25. The molecule has 1 amide bonds. The summed E-state index contributed by atoms with van der Waals surface area (Å²) in [6, 6.07) is 7.92.